The third-order valence-corrected chi connectivity index (χ3v) is 3.07. The first-order chi connectivity index (χ1) is 4.52. The molecular formula is C8H11ClS. The van der Waals surface area contributed by atoms with E-state index in [9.17, 15) is 0 Å². The van der Waals surface area contributed by atoms with Crippen LogP contribution in [0.3, 0.4) is 0 Å². The number of thiophene rings is 1. The van der Waals surface area contributed by atoms with Gasteiger partial charge in [-0.05, 0) is 16.9 Å². The van der Waals surface area contributed by atoms with Crippen LogP contribution in [0.4, 0.5) is 0 Å². The van der Waals surface area contributed by atoms with Gasteiger partial charge in [0, 0.05) is 4.88 Å². The molecule has 1 aromatic heterocycles. The third-order valence-electron chi connectivity index (χ3n) is 1.30. The van der Waals surface area contributed by atoms with Gasteiger partial charge >= 0.3 is 0 Å². The van der Waals surface area contributed by atoms with Crippen molar-refractivity contribution in [3.05, 3.63) is 21.3 Å². The van der Waals surface area contributed by atoms with E-state index in [2.05, 4.69) is 20.8 Å². The van der Waals surface area contributed by atoms with Crippen LogP contribution in [0.2, 0.25) is 5.02 Å². The smallest absolute Gasteiger partial charge is 0.0550 e. The molecule has 0 aromatic carbocycles. The van der Waals surface area contributed by atoms with Crippen LogP contribution >= 0.6 is 22.9 Å². The van der Waals surface area contributed by atoms with Crippen molar-refractivity contribution in [2.24, 2.45) is 0 Å². The van der Waals surface area contributed by atoms with Crippen LogP contribution in [-0.2, 0) is 5.41 Å². The summed E-state index contributed by atoms with van der Waals surface area (Å²) >= 11 is 7.66. The Morgan fingerprint density at radius 1 is 1.40 bits per heavy atom. The van der Waals surface area contributed by atoms with Gasteiger partial charge in [-0.25, -0.2) is 0 Å². The summed E-state index contributed by atoms with van der Waals surface area (Å²) < 4.78 is 0. The van der Waals surface area contributed by atoms with Gasteiger partial charge in [0.25, 0.3) is 0 Å². The molecule has 0 saturated heterocycles. The summed E-state index contributed by atoms with van der Waals surface area (Å²) in [5.74, 6) is 0. The fraction of sp³-hybridized carbons (Fsp3) is 0.500. The van der Waals surface area contributed by atoms with Crippen LogP contribution in [0.15, 0.2) is 11.4 Å². The maximum absolute atomic E-state index is 5.93. The van der Waals surface area contributed by atoms with Gasteiger partial charge in [0.05, 0.1) is 5.02 Å². The highest BCUT2D eigenvalue weighted by atomic mass is 35.5. The quantitative estimate of drug-likeness (QED) is 0.563. The minimum atomic E-state index is 0.200. The first-order valence-corrected chi connectivity index (χ1v) is 4.51. The first-order valence-electron chi connectivity index (χ1n) is 3.25. The molecule has 0 unspecified atom stereocenters. The second kappa shape index (κ2) is 2.55. The maximum Gasteiger partial charge on any atom is 0.0550 e. The highest BCUT2D eigenvalue weighted by Crippen LogP contribution is 2.33. The fourth-order valence-corrected chi connectivity index (χ4v) is 2.26. The van der Waals surface area contributed by atoms with Crippen molar-refractivity contribution in [1.29, 1.82) is 0 Å². The van der Waals surface area contributed by atoms with E-state index >= 15 is 0 Å². The van der Waals surface area contributed by atoms with E-state index in [1.807, 2.05) is 11.4 Å². The van der Waals surface area contributed by atoms with E-state index < -0.39 is 0 Å². The standard InChI is InChI=1S/C8H11ClS/c1-8(2,3)7-6(9)4-5-10-7/h4-5H,1-3H3. The molecule has 1 aromatic rings. The van der Waals surface area contributed by atoms with Crippen LogP contribution in [0.25, 0.3) is 0 Å². The Labute approximate surface area is 70.8 Å². The van der Waals surface area contributed by atoms with Crippen LogP contribution in [0.1, 0.15) is 25.6 Å². The second-order valence-electron chi connectivity index (χ2n) is 3.35. The minimum Gasteiger partial charge on any atom is -0.147 e. The Kier molecular flexibility index (Phi) is 2.07. The van der Waals surface area contributed by atoms with E-state index in [4.69, 9.17) is 11.6 Å². The summed E-state index contributed by atoms with van der Waals surface area (Å²) in [5, 5.41) is 2.93. The molecular weight excluding hydrogens is 164 g/mol. The van der Waals surface area contributed by atoms with Gasteiger partial charge in [0.1, 0.15) is 0 Å². The van der Waals surface area contributed by atoms with Crippen LogP contribution in [0, 0.1) is 0 Å². The number of rotatable bonds is 0. The van der Waals surface area contributed by atoms with Crippen LogP contribution in [-0.4, -0.2) is 0 Å². The average molecular weight is 175 g/mol. The predicted molar refractivity (Wildman–Crippen MR) is 48.0 cm³/mol. The Morgan fingerprint density at radius 2 is 2.00 bits per heavy atom. The van der Waals surface area contributed by atoms with E-state index in [1.165, 1.54) is 4.88 Å². The molecule has 0 fully saturated rings. The van der Waals surface area contributed by atoms with Gasteiger partial charge in [0.15, 0.2) is 0 Å². The van der Waals surface area contributed by atoms with Crippen LogP contribution < -0.4 is 0 Å². The first kappa shape index (κ1) is 8.09. The zero-order valence-corrected chi connectivity index (χ0v) is 8.01. The van der Waals surface area contributed by atoms with E-state index in [-0.39, 0.29) is 5.41 Å². The van der Waals surface area contributed by atoms with Crippen molar-refractivity contribution in [1.82, 2.24) is 0 Å². The summed E-state index contributed by atoms with van der Waals surface area (Å²) in [6, 6.07) is 1.95. The molecule has 0 bridgehead atoms. The van der Waals surface area contributed by atoms with E-state index in [0.717, 1.165) is 5.02 Å². The lowest BCUT2D eigenvalue weighted by Gasteiger charge is -2.16. The van der Waals surface area contributed by atoms with Crippen molar-refractivity contribution in [3.8, 4) is 0 Å². The van der Waals surface area contributed by atoms with E-state index in [0.29, 0.717) is 0 Å². The lowest BCUT2D eigenvalue weighted by Crippen LogP contribution is -2.08. The fourth-order valence-electron chi connectivity index (χ4n) is 0.829. The molecule has 0 radical (unpaired) electrons. The maximum atomic E-state index is 5.93. The van der Waals surface area contributed by atoms with Crippen molar-refractivity contribution in [3.63, 3.8) is 0 Å². The summed E-state index contributed by atoms with van der Waals surface area (Å²) in [6.45, 7) is 6.51. The zero-order valence-electron chi connectivity index (χ0n) is 6.44. The lowest BCUT2D eigenvalue weighted by molar-refractivity contribution is 0.604. The summed E-state index contributed by atoms with van der Waals surface area (Å²) in [7, 11) is 0. The molecule has 0 saturated carbocycles. The highest BCUT2D eigenvalue weighted by Gasteiger charge is 2.17. The number of hydrogen-bond donors (Lipinski definition) is 0. The molecule has 0 aliphatic heterocycles. The van der Waals surface area contributed by atoms with Gasteiger partial charge in [-0.1, -0.05) is 32.4 Å². The zero-order chi connectivity index (χ0) is 7.78. The molecule has 0 N–H and O–H groups in total. The highest BCUT2D eigenvalue weighted by molar-refractivity contribution is 7.10. The molecule has 0 aliphatic carbocycles. The second-order valence-corrected chi connectivity index (χ2v) is 4.67. The normalized spacial score (nSPS) is 12.0. The van der Waals surface area contributed by atoms with Crippen LogP contribution in [0.5, 0.6) is 0 Å². The topological polar surface area (TPSA) is 0 Å². The van der Waals surface area contributed by atoms with Gasteiger partial charge in [-0.3, -0.25) is 0 Å². The summed E-state index contributed by atoms with van der Waals surface area (Å²) in [4.78, 5) is 1.27. The molecule has 0 atom stereocenters. The Bertz CT molecular complexity index is 219. The predicted octanol–water partition coefficient (Wildman–Crippen LogP) is 3.70. The molecule has 0 nitrogen and oxygen atoms in total. The van der Waals surface area contributed by atoms with Crippen molar-refractivity contribution >= 4 is 22.9 Å². The Balaban J connectivity index is 3.05. The number of halogens is 1. The molecule has 0 amide bonds. The molecule has 0 spiro atoms. The van der Waals surface area contributed by atoms with Crippen molar-refractivity contribution in [2.45, 2.75) is 26.2 Å². The molecule has 10 heavy (non-hydrogen) atoms. The largest absolute Gasteiger partial charge is 0.147 e. The Hall–Kier alpha value is -0.0100. The molecule has 0 aliphatic rings. The lowest BCUT2D eigenvalue weighted by atomic mass is 9.95. The summed E-state index contributed by atoms with van der Waals surface area (Å²) in [5.41, 5.74) is 0.200. The van der Waals surface area contributed by atoms with Crippen molar-refractivity contribution in [2.75, 3.05) is 0 Å². The van der Waals surface area contributed by atoms with Gasteiger partial charge in [-0.2, -0.15) is 0 Å². The Morgan fingerprint density at radius 3 is 2.20 bits per heavy atom. The SMILES string of the molecule is CC(C)(C)c1sccc1Cl. The monoisotopic (exact) mass is 174 g/mol. The van der Waals surface area contributed by atoms with Gasteiger partial charge < -0.3 is 0 Å². The van der Waals surface area contributed by atoms with Gasteiger partial charge in [-0.15, -0.1) is 11.3 Å². The van der Waals surface area contributed by atoms with E-state index in [1.54, 1.807) is 11.3 Å². The molecule has 1 rings (SSSR count). The molecule has 56 valence electrons. The number of hydrogen-bond acceptors (Lipinski definition) is 1. The molecule has 1 heterocycles. The van der Waals surface area contributed by atoms with Gasteiger partial charge in [0.2, 0.25) is 0 Å². The minimum absolute atomic E-state index is 0.200. The third kappa shape index (κ3) is 1.53. The average Bonchev–Trinajstić information content (AvgIpc) is 2.11. The summed E-state index contributed by atoms with van der Waals surface area (Å²) in [6.07, 6.45) is 0. The van der Waals surface area contributed by atoms with Crippen molar-refractivity contribution < 1.29 is 0 Å². The molecule has 2 heteroatoms.